The van der Waals surface area contributed by atoms with E-state index in [1.807, 2.05) is 0 Å². The minimum atomic E-state index is -6.02. The lowest BCUT2D eigenvalue weighted by Crippen LogP contribution is -2.44. The molecule has 0 amide bonds. The Morgan fingerprint density at radius 3 is 1.44 bits per heavy atom. The van der Waals surface area contributed by atoms with Gasteiger partial charge >= 0.3 is 30.2 Å². The molecule has 0 saturated heterocycles. The fourth-order valence-electron chi connectivity index (χ4n) is 3.76. The van der Waals surface area contributed by atoms with Crippen LogP contribution in [0.15, 0.2) is 65.7 Å². The zero-order valence-corrected chi connectivity index (χ0v) is 30.3. The molecule has 1 aliphatic rings. The lowest BCUT2D eigenvalue weighted by atomic mass is 10.1. The Morgan fingerprint density at radius 1 is 0.611 bits per heavy atom. The average molecular weight is 898 g/mol. The van der Waals surface area contributed by atoms with Crippen molar-refractivity contribution in [3.8, 4) is 23.0 Å². The summed E-state index contributed by atoms with van der Waals surface area (Å²) in [5, 5.41) is 9.10. The first-order valence-electron chi connectivity index (χ1n) is 13.8. The summed E-state index contributed by atoms with van der Waals surface area (Å²) in [6.45, 7) is 0. The predicted molar refractivity (Wildman–Crippen MR) is 185 cm³/mol. The number of nitrogens with zero attached hydrogens (tertiary/aromatic N) is 1. The molecule has 0 radical (unpaired) electrons. The van der Waals surface area contributed by atoms with E-state index >= 15 is 0 Å². The van der Waals surface area contributed by atoms with Crippen molar-refractivity contribution in [3.63, 3.8) is 0 Å². The predicted octanol–water partition coefficient (Wildman–Crippen LogP) is 13.1. The van der Waals surface area contributed by atoms with Crippen molar-refractivity contribution >= 4 is 98.3 Å². The number of alkyl halides is 10. The van der Waals surface area contributed by atoms with Gasteiger partial charge in [-0.1, -0.05) is 69.6 Å². The topological polar surface area (TPSA) is 120 Å². The van der Waals surface area contributed by atoms with Gasteiger partial charge in [0.15, 0.2) is 0 Å². The van der Waals surface area contributed by atoms with Crippen molar-refractivity contribution in [2.75, 3.05) is 11.5 Å². The smallest absolute Gasteiger partial charge is 0.465 e. The number of ether oxygens (including phenoxy) is 2. The highest BCUT2D eigenvalue weighted by Crippen LogP contribution is 2.45. The van der Waals surface area contributed by atoms with Crippen LogP contribution in [0.3, 0.4) is 0 Å². The second-order valence-corrected chi connectivity index (χ2v) is 12.9. The number of carbonyl (C=O) groups is 1. The average Bonchev–Trinajstić information content (AvgIpc) is 3.45. The fraction of sp³-hybridized carbons (Fsp3) is 0.161. The molecule has 7 nitrogen and oxygen atoms in total. The van der Waals surface area contributed by atoms with Crippen LogP contribution in [-0.4, -0.2) is 41.0 Å². The molecule has 0 spiro atoms. The molecule has 23 heteroatoms. The van der Waals surface area contributed by atoms with E-state index in [0.29, 0.717) is 43.0 Å². The lowest BCUT2D eigenvalue weighted by molar-refractivity contribution is -0.277. The number of rotatable bonds is 6. The molecule has 0 unspecified atom stereocenters. The minimum Gasteiger partial charge on any atom is -0.477 e. The van der Waals surface area contributed by atoms with E-state index in [4.69, 9.17) is 95.7 Å². The zero-order chi connectivity index (χ0) is 41.1. The van der Waals surface area contributed by atoms with Gasteiger partial charge in [0.05, 0.1) is 37.2 Å². The van der Waals surface area contributed by atoms with E-state index in [1.165, 1.54) is 30.3 Å². The molecule has 1 aliphatic heterocycles. The van der Waals surface area contributed by atoms with E-state index < -0.39 is 42.3 Å². The van der Waals surface area contributed by atoms with E-state index in [9.17, 15) is 48.7 Å². The van der Waals surface area contributed by atoms with Crippen LogP contribution in [0.4, 0.5) is 61.0 Å². The summed E-state index contributed by atoms with van der Waals surface area (Å²) >= 11 is 35.6. The molecule has 0 fully saturated rings. The Kier molecular flexibility index (Phi) is 14.0. The molecule has 4 aromatic carbocycles. The van der Waals surface area contributed by atoms with Gasteiger partial charge in [0, 0.05) is 22.5 Å². The second-order valence-electron chi connectivity index (χ2n) is 10.4. The number of halogens is 16. The van der Waals surface area contributed by atoms with Gasteiger partial charge in [-0.3, -0.25) is 4.99 Å². The van der Waals surface area contributed by atoms with Gasteiger partial charge in [0.2, 0.25) is 0 Å². The number of aliphatic imine (C=N–C) groups is 1. The van der Waals surface area contributed by atoms with Gasteiger partial charge in [-0.2, -0.15) is 43.9 Å². The maximum absolute atomic E-state index is 13.5. The van der Waals surface area contributed by atoms with Gasteiger partial charge in [-0.25, -0.2) is 4.79 Å². The molecule has 54 heavy (non-hydrogen) atoms. The molecule has 4 aromatic rings. The minimum absolute atomic E-state index is 0.0184. The van der Waals surface area contributed by atoms with Crippen LogP contribution in [0, 0.1) is 0 Å². The first-order valence-corrected chi connectivity index (χ1v) is 16.1. The molecular formula is C31H17Cl6F10N3O4. The summed E-state index contributed by atoms with van der Waals surface area (Å²) in [5.41, 5.74) is 10.9. The molecular weight excluding hydrogens is 881 g/mol. The normalized spacial score (nSPS) is 12.8. The van der Waals surface area contributed by atoms with Crippen molar-refractivity contribution < 1.29 is 63.3 Å². The monoisotopic (exact) mass is 895 g/mol. The summed E-state index contributed by atoms with van der Waals surface area (Å²) in [6, 6.07) is 14.8. The molecule has 0 aromatic heterocycles. The van der Waals surface area contributed by atoms with Crippen LogP contribution in [-0.2, 0) is 11.2 Å². The maximum Gasteiger partial charge on any atom is 0.465 e. The van der Waals surface area contributed by atoms with Gasteiger partial charge in [-0.15, -0.1) is 0 Å². The SMILES string of the molecule is FC(F)(F)C(F)(F)C1=Nc2cc(Cl)c(Oc3ccc(Cl)cc3Cl)cc2C1.Nc1cc(Cl)c(Oc2ccc(Cl)cc2Cl)cc1N.O=C(O)C(F)(F)C(F)(F)F. The Morgan fingerprint density at radius 2 is 1.04 bits per heavy atom. The van der Waals surface area contributed by atoms with Crippen LogP contribution in [0.5, 0.6) is 23.0 Å². The molecule has 5 N–H and O–H groups in total. The van der Waals surface area contributed by atoms with Gasteiger partial charge < -0.3 is 26.0 Å². The highest BCUT2D eigenvalue weighted by atomic mass is 35.5. The number of hydrogen-bond acceptors (Lipinski definition) is 6. The number of carboxylic acids is 1. The molecule has 0 atom stereocenters. The van der Waals surface area contributed by atoms with Crippen LogP contribution in [0.1, 0.15) is 5.56 Å². The number of carboxylic acid groups (broad SMARTS) is 1. The van der Waals surface area contributed by atoms with Crippen LogP contribution in [0.2, 0.25) is 30.1 Å². The number of nitrogens with two attached hydrogens (primary N) is 2. The molecule has 1 heterocycles. The fourth-order valence-corrected chi connectivity index (χ4v) is 5.06. The van der Waals surface area contributed by atoms with Crippen LogP contribution >= 0.6 is 69.6 Å². The van der Waals surface area contributed by atoms with Crippen molar-refractivity contribution in [2.45, 2.75) is 30.6 Å². The Labute approximate surface area is 326 Å². The van der Waals surface area contributed by atoms with E-state index in [1.54, 1.807) is 24.3 Å². The summed E-state index contributed by atoms with van der Waals surface area (Å²) in [7, 11) is 0. The largest absolute Gasteiger partial charge is 0.477 e. The molecule has 0 aliphatic carbocycles. The highest BCUT2D eigenvalue weighted by Gasteiger charge is 2.64. The van der Waals surface area contributed by atoms with Gasteiger partial charge in [-0.05, 0) is 60.2 Å². The number of hydrogen-bond donors (Lipinski definition) is 3. The highest BCUT2D eigenvalue weighted by molar-refractivity contribution is 6.36. The third-order valence-corrected chi connectivity index (χ3v) is 8.11. The molecule has 0 saturated carbocycles. The molecule has 292 valence electrons. The number of anilines is 2. The van der Waals surface area contributed by atoms with Crippen LogP contribution in [0.25, 0.3) is 0 Å². The summed E-state index contributed by atoms with van der Waals surface area (Å²) < 4.78 is 131. The number of nitrogen functional groups attached to an aromatic ring is 2. The summed E-state index contributed by atoms with van der Waals surface area (Å²) in [5.74, 6) is -12.8. The quantitative estimate of drug-likeness (QED) is 0.131. The number of benzene rings is 4. The third kappa shape index (κ3) is 10.7. The van der Waals surface area contributed by atoms with E-state index in [2.05, 4.69) is 4.99 Å². The zero-order valence-electron chi connectivity index (χ0n) is 25.8. The standard InChI is InChI=1S/C16H7Cl3F5NO.C12H9Cl3N2O.C3HF5O2/c17-8-1-2-12(9(18)5-8)26-13-3-7-4-14(15(20,21)16(22,23)24)25-11(7)6-10(13)19;13-6-1-2-11(7(14)3-6)18-12-5-10(17)9(16)4-8(12)15;4-2(5,1(9)10)3(6,7)8/h1-3,5-6H,4H2;1-5H,16-17H2;(H,9,10). The Hall–Kier alpha value is -3.74. The van der Waals surface area contributed by atoms with Crippen LogP contribution < -0.4 is 20.9 Å². The maximum atomic E-state index is 13.5. The Balaban J connectivity index is 0.000000243. The molecule has 5 rings (SSSR count). The lowest BCUT2D eigenvalue weighted by Gasteiger charge is -2.19. The van der Waals surface area contributed by atoms with Gasteiger partial charge in [0.1, 0.15) is 28.7 Å². The Bertz CT molecular complexity index is 2080. The first-order chi connectivity index (χ1) is 24.6. The van der Waals surface area contributed by atoms with Crippen molar-refractivity contribution in [3.05, 3.63) is 96.4 Å². The first kappa shape index (κ1) is 44.7. The second kappa shape index (κ2) is 17.0. The van der Waals surface area contributed by atoms with E-state index in [-0.39, 0.29) is 32.8 Å². The summed E-state index contributed by atoms with van der Waals surface area (Å²) in [6.07, 6.45) is -12.4. The van der Waals surface area contributed by atoms with Crippen molar-refractivity contribution in [1.29, 1.82) is 0 Å². The van der Waals surface area contributed by atoms with E-state index in [0.717, 1.165) is 6.07 Å². The molecule has 0 bridgehead atoms. The van der Waals surface area contributed by atoms with Crippen molar-refractivity contribution in [1.82, 2.24) is 0 Å². The summed E-state index contributed by atoms with van der Waals surface area (Å²) in [4.78, 5) is 12.6. The van der Waals surface area contributed by atoms with Crippen molar-refractivity contribution in [2.24, 2.45) is 4.99 Å². The van der Waals surface area contributed by atoms with Gasteiger partial charge in [0.25, 0.3) is 0 Å². The number of aliphatic carboxylic acids is 1. The third-order valence-electron chi connectivity index (χ3n) is 6.45. The number of fused-ring (bicyclic) bond motifs is 1.